The lowest BCUT2D eigenvalue weighted by Gasteiger charge is -2.31. The molecule has 0 heterocycles. The molecule has 0 saturated heterocycles. The summed E-state index contributed by atoms with van der Waals surface area (Å²) in [4.78, 5) is 26.7. The molecule has 1 amide bonds. The second-order valence-corrected chi connectivity index (χ2v) is 5.91. The number of likely N-dealkylation sites (N-methyl/N-ethyl adjacent to an activating group) is 1. The molecule has 0 aromatic rings. The van der Waals surface area contributed by atoms with Gasteiger partial charge >= 0.3 is 5.97 Å². The van der Waals surface area contributed by atoms with E-state index in [0.29, 0.717) is 19.0 Å². The van der Waals surface area contributed by atoms with Gasteiger partial charge in [-0.3, -0.25) is 9.59 Å². The maximum atomic E-state index is 12.4. The van der Waals surface area contributed by atoms with Crippen LogP contribution in [0.25, 0.3) is 0 Å². The highest BCUT2D eigenvalue weighted by Gasteiger charge is 2.28. The molecule has 0 unspecified atom stereocenters. The van der Waals surface area contributed by atoms with Gasteiger partial charge in [0.2, 0.25) is 5.91 Å². The first-order valence-electron chi connectivity index (χ1n) is 7.05. The Morgan fingerprint density at radius 1 is 1.11 bits per heavy atom. The Labute approximate surface area is 115 Å². The molecule has 110 valence electrons. The van der Waals surface area contributed by atoms with Crippen LogP contribution in [0.5, 0.6) is 0 Å². The van der Waals surface area contributed by atoms with Gasteiger partial charge < -0.3 is 14.9 Å². The number of carboxylic acid groups (broad SMARTS) is 1. The van der Waals surface area contributed by atoms with Gasteiger partial charge in [-0.1, -0.05) is 6.92 Å². The molecule has 0 aromatic carbocycles. The molecule has 0 aliphatic heterocycles. The molecule has 5 heteroatoms. The van der Waals surface area contributed by atoms with E-state index in [0.717, 1.165) is 25.7 Å². The smallest absolute Gasteiger partial charge is 0.323 e. The standard InChI is InChI=1S/C14H26N2O3/c1-11-4-6-12(7-5-11)14(19)16(10-13(17)18)9-8-15(2)3/h11-12H,4-10H2,1-3H3,(H,17,18). The molecule has 0 bridgehead atoms. The van der Waals surface area contributed by atoms with Gasteiger partial charge in [-0.2, -0.15) is 0 Å². The van der Waals surface area contributed by atoms with Gasteiger partial charge in [0, 0.05) is 19.0 Å². The van der Waals surface area contributed by atoms with Crippen LogP contribution in [0.4, 0.5) is 0 Å². The van der Waals surface area contributed by atoms with Crippen molar-refractivity contribution in [3.63, 3.8) is 0 Å². The maximum absolute atomic E-state index is 12.4. The molecule has 0 aromatic heterocycles. The van der Waals surface area contributed by atoms with Crippen molar-refractivity contribution in [1.29, 1.82) is 0 Å². The van der Waals surface area contributed by atoms with Crippen molar-refractivity contribution >= 4 is 11.9 Å². The van der Waals surface area contributed by atoms with Gasteiger partial charge in [-0.15, -0.1) is 0 Å². The third-order valence-electron chi connectivity index (χ3n) is 3.82. The Balaban J connectivity index is 2.57. The van der Waals surface area contributed by atoms with E-state index in [4.69, 9.17) is 5.11 Å². The third kappa shape index (κ3) is 5.59. The fourth-order valence-electron chi connectivity index (χ4n) is 2.52. The zero-order valence-electron chi connectivity index (χ0n) is 12.3. The summed E-state index contributed by atoms with van der Waals surface area (Å²) in [5.41, 5.74) is 0. The van der Waals surface area contributed by atoms with Crippen molar-refractivity contribution in [2.24, 2.45) is 11.8 Å². The number of hydrogen-bond acceptors (Lipinski definition) is 3. The molecule has 0 radical (unpaired) electrons. The van der Waals surface area contributed by atoms with E-state index in [9.17, 15) is 9.59 Å². The topological polar surface area (TPSA) is 60.9 Å². The van der Waals surface area contributed by atoms with Crippen LogP contribution in [0.1, 0.15) is 32.6 Å². The average molecular weight is 270 g/mol. The normalized spacial score (nSPS) is 23.4. The van der Waals surface area contributed by atoms with Crippen LogP contribution in [-0.2, 0) is 9.59 Å². The fourth-order valence-corrected chi connectivity index (χ4v) is 2.52. The SMILES string of the molecule is CC1CCC(C(=O)N(CCN(C)C)CC(=O)O)CC1. The maximum Gasteiger partial charge on any atom is 0.323 e. The fraction of sp³-hybridized carbons (Fsp3) is 0.857. The van der Waals surface area contributed by atoms with Crippen LogP contribution in [0.3, 0.4) is 0 Å². The van der Waals surface area contributed by atoms with E-state index in [1.807, 2.05) is 19.0 Å². The first-order valence-corrected chi connectivity index (χ1v) is 7.05. The first kappa shape index (κ1) is 16.0. The van der Waals surface area contributed by atoms with Gasteiger partial charge in [0.25, 0.3) is 0 Å². The van der Waals surface area contributed by atoms with Gasteiger partial charge in [0.05, 0.1) is 0 Å². The monoisotopic (exact) mass is 270 g/mol. The molecular weight excluding hydrogens is 244 g/mol. The summed E-state index contributed by atoms with van der Waals surface area (Å²) in [5, 5.41) is 8.93. The zero-order valence-corrected chi connectivity index (χ0v) is 12.3. The van der Waals surface area contributed by atoms with Crippen LogP contribution in [-0.4, -0.2) is 60.5 Å². The molecule has 0 atom stereocenters. The minimum atomic E-state index is -0.934. The predicted molar refractivity (Wildman–Crippen MR) is 73.9 cm³/mol. The molecule has 5 nitrogen and oxygen atoms in total. The molecule has 0 spiro atoms. The van der Waals surface area contributed by atoms with Gasteiger partial charge in [0.15, 0.2) is 0 Å². The lowest BCUT2D eigenvalue weighted by atomic mass is 9.82. The highest BCUT2D eigenvalue weighted by Crippen LogP contribution is 2.29. The van der Waals surface area contributed by atoms with E-state index in [-0.39, 0.29) is 18.4 Å². The Morgan fingerprint density at radius 3 is 2.16 bits per heavy atom. The van der Waals surface area contributed by atoms with E-state index in [1.54, 1.807) is 0 Å². The van der Waals surface area contributed by atoms with E-state index >= 15 is 0 Å². The van der Waals surface area contributed by atoms with Crippen molar-refractivity contribution in [2.75, 3.05) is 33.7 Å². The van der Waals surface area contributed by atoms with Crippen molar-refractivity contribution in [3.8, 4) is 0 Å². The lowest BCUT2D eigenvalue weighted by molar-refractivity contribution is -0.147. The Hall–Kier alpha value is -1.10. The molecule has 1 fully saturated rings. The summed E-state index contributed by atoms with van der Waals surface area (Å²) in [7, 11) is 3.84. The number of carboxylic acids is 1. The van der Waals surface area contributed by atoms with Crippen molar-refractivity contribution in [1.82, 2.24) is 9.80 Å². The quantitative estimate of drug-likeness (QED) is 0.790. The van der Waals surface area contributed by atoms with E-state index in [1.165, 1.54) is 4.90 Å². The van der Waals surface area contributed by atoms with Gasteiger partial charge in [-0.25, -0.2) is 0 Å². The number of amides is 1. The zero-order chi connectivity index (χ0) is 14.4. The number of aliphatic carboxylic acids is 1. The molecule has 1 saturated carbocycles. The predicted octanol–water partition coefficient (Wildman–Crippen LogP) is 1.29. The minimum Gasteiger partial charge on any atom is -0.480 e. The highest BCUT2D eigenvalue weighted by atomic mass is 16.4. The number of carbonyl (C=O) groups is 2. The first-order chi connectivity index (χ1) is 8.90. The third-order valence-corrected chi connectivity index (χ3v) is 3.82. The highest BCUT2D eigenvalue weighted by molar-refractivity contribution is 5.83. The molecule has 1 rings (SSSR count). The minimum absolute atomic E-state index is 0.0242. The lowest BCUT2D eigenvalue weighted by Crippen LogP contribution is -2.43. The van der Waals surface area contributed by atoms with Crippen LogP contribution in [0, 0.1) is 11.8 Å². The van der Waals surface area contributed by atoms with Crippen LogP contribution in [0.2, 0.25) is 0 Å². The van der Waals surface area contributed by atoms with Gasteiger partial charge in [0.1, 0.15) is 6.54 Å². The second-order valence-electron chi connectivity index (χ2n) is 5.91. The average Bonchev–Trinajstić information content (AvgIpc) is 2.34. The molecule has 1 aliphatic rings. The van der Waals surface area contributed by atoms with Crippen LogP contribution >= 0.6 is 0 Å². The largest absolute Gasteiger partial charge is 0.480 e. The Bertz CT molecular complexity index is 310. The summed E-state index contributed by atoms with van der Waals surface area (Å²) < 4.78 is 0. The molecule has 1 aliphatic carbocycles. The summed E-state index contributed by atoms with van der Waals surface area (Å²) >= 11 is 0. The van der Waals surface area contributed by atoms with Crippen LogP contribution < -0.4 is 0 Å². The Morgan fingerprint density at radius 2 is 1.68 bits per heavy atom. The molecule has 1 N–H and O–H groups in total. The van der Waals surface area contributed by atoms with Crippen molar-refractivity contribution < 1.29 is 14.7 Å². The van der Waals surface area contributed by atoms with Crippen LogP contribution in [0.15, 0.2) is 0 Å². The molecular formula is C14H26N2O3. The van der Waals surface area contributed by atoms with E-state index in [2.05, 4.69) is 6.92 Å². The van der Waals surface area contributed by atoms with Crippen molar-refractivity contribution in [3.05, 3.63) is 0 Å². The number of hydrogen-bond donors (Lipinski definition) is 1. The molecule has 19 heavy (non-hydrogen) atoms. The van der Waals surface area contributed by atoms with Crippen molar-refractivity contribution in [2.45, 2.75) is 32.6 Å². The van der Waals surface area contributed by atoms with E-state index < -0.39 is 5.97 Å². The summed E-state index contributed by atoms with van der Waals surface area (Å²) in [6.45, 7) is 3.22. The summed E-state index contributed by atoms with van der Waals surface area (Å²) in [5.74, 6) is -0.191. The second kappa shape index (κ2) is 7.48. The summed E-state index contributed by atoms with van der Waals surface area (Å²) in [6, 6.07) is 0. The number of nitrogens with zero attached hydrogens (tertiary/aromatic N) is 2. The Kier molecular flexibility index (Phi) is 6.28. The summed E-state index contributed by atoms with van der Waals surface area (Å²) in [6.07, 6.45) is 3.95. The number of rotatable bonds is 6. The van der Waals surface area contributed by atoms with Gasteiger partial charge in [-0.05, 0) is 45.7 Å². The number of carbonyl (C=O) groups excluding carboxylic acids is 1.